The minimum atomic E-state index is -0.387. The minimum absolute atomic E-state index is 0.387. The molecule has 75 heavy (non-hydrogen) atoms. The van der Waals surface area contributed by atoms with Crippen molar-refractivity contribution >= 4 is 53.4 Å². The van der Waals surface area contributed by atoms with Crippen LogP contribution >= 0.6 is 11.3 Å². The van der Waals surface area contributed by atoms with Crippen molar-refractivity contribution in [3.8, 4) is 89.8 Å². The first-order valence-electron chi connectivity index (χ1n) is 25.5. The fourth-order valence-electron chi connectivity index (χ4n) is 12.4. The van der Waals surface area contributed by atoms with E-state index in [1.165, 1.54) is 75.8 Å². The van der Waals surface area contributed by atoms with Crippen molar-refractivity contribution in [1.29, 1.82) is 0 Å². The molecule has 0 unspecified atom stereocenters. The van der Waals surface area contributed by atoms with Crippen LogP contribution in [0.5, 0.6) is 0 Å². The third-order valence-electron chi connectivity index (χ3n) is 15.8. The smallest absolute Gasteiger partial charge is 0.164 e. The van der Waals surface area contributed by atoms with E-state index in [0.29, 0.717) is 17.5 Å². The van der Waals surface area contributed by atoms with Crippen molar-refractivity contribution < 1.29 is 4.42 Å². The Morgan fingerprint density at radius 2 is 0.760 bits per heavy atom. The molecule has 348 valence electrons. The molecule has 0 N–H and O–H groups in total. The Bertz CT molecular complexity index is 4600. The van der Waals surface area contributed by atoms with Gasteiger partial charge in [0, 0.05) is 47.6 Å². The molecule has 0 atom stereocenters. The van der Waals surface area contributed by atoms with Gasteiger partial charge in [0.1, 0.15) is 11.2 Å². The molecule has 11 aromatic carbocycles. The Morgan fingerprint density at radius 1 is 0.280 bits per heavy atom. The molecule has 0 saturated carbocycles. The summed E-state index contributed by atoms with van der Waals surface area (Å²) in [5.41, 5.74) is 21.4. The fourth-order valence-corrected chi connectivity index (χ4v) is 13.5. The number of aromatic nitrogens is 3. The first-order chi connectivity index (χ1) is 37.1. The number of furan rings is 1. The minimum Gasteiger partial charge on any atom is -0.456 e. The number of rotatable bonds is 6. The SMILES string of the molecule is c1ccc(-c2cccc(-c3nc(-c4ccc5sc6ccccc6c5c4)nc(-c4cccc5oc6ccc(-c7ccc(-c8ccc9c(c8)C8(c%10ccccc%10-c%10ccccc%108)c8ccccc8-9)cc7)cc6c45)n3)c2)cc1. The lowest BCUT2D eigenvalue weighted by Gasteiger charge is -2.30. The van der Waals surface area contributed by atoms with Gasteiger partial charge in [-0.1, -0.05) is 194 Å². The zero-order valence-electron chi connectivity index (χ0n) is 40.3. The largest absolute Gasteiger partial charge is 0.456 e. The van der Waals surface area contributed by atoms with Crippen molar-refractivity contribution in [3.05, 3.63) is 271 Å². The molecule has 0 saturated heterocycles. The van der Waals surface area contributed by atoms with E-state index in [1.54, 1.807) is 11.3 Å². The molecule has 0 amide bonds. The Labute approximate surface area is 436 Å². The van der Waals surface area contributed by atoms with E-state index in [0.717, 1.165) is 60.9 Å². The second-order valence-electron chi connectivity index (χ2n) is 19.8. The van der Waals surface area contributed by atoms with Crippen LogP contribution in [0.2, 0.25) is 0 Å². The van der Waals surface area contributed by atoms with Crippen LogP contribution in [0.3, 0.4) is 0 Å². The van der Waals surface area contributed by atoms with Gasteiger partial charge in [0.05, 0.1) is 5.41 Å². The zero-order valence-corrected chi connectivity index (χ0v) is 41.1. The quantitative estimate of drug-likeness (QED) is 0.167. The van der Waals surface area contributed by atoms with Crippen molar-refractivity contribution in [1.82, 2.24) is 15.0 Å². The lowest BCUT2D eigenvalue weighted by atomic mass is 9.70. The molecule has 3 aromatic heterocycles. The highest BCUT2D eigenvalue weighted by atomic mass is 32.1. The summed E-state index contributed by atoms with van der Waals surface area (Å²) in [6, 6.07) is 89.9. The van der Waals surface area contributed by atoms with E-state index in [1.807, 2.05) is 18.2 Å². The van der Waals surface area contributed by atoms with Crippen LogP contribution in [-0.4, -0.2) is 15.0 Å². The molecule has 16 rings (SSSR count). The maximum absolute atomic E-state index is 6.63. The highest BCUT2D eigenvalue weighted by molar-refractivity contribution is 7.25. The van der Waals surface area contributed by atoms with Crippen LogP contribution in [0, 0.1) is 0 Å². The fraction of sp³-hybridized carbons (Fsp3) is 0.0143. The van der Waals surface area contributed by atoms with Gasteiger partial charge in [-0.3, -0.25) is 0 Å². The van der Waals surface area contributed by atoms with Crippen LogP contribution in [0.15, 0.2) is 253 Å². The first-order valence-corrected chi connectivity index (χ1v) is 26.3. The molecule has 2 aliphatic rings. The van der Waals surface area contributed by atoms with Crippen molar-refractivity contribution in [2.24, 2.45) is 0 Å². The van der Waals surface area contributed by atoms with Gasteiger partial charge in [-0.2, -0.15) is 0 Å². The molecular formula is C70H41N3OS. The summed E-state index contributed by atoms with van der Waals surface area (Å²) in [5.74, 6) is 1.81. The predicted molar refractivity (Wildman–Crippen MR) is 309 cm³/mol. The van der Waals surface area contributed by atoms with E-state index in [4.69, 9.17) is 19.4 Å². The molecule has 3 heterocycles. The number of thiophene rings is 1. The van der Waals surface area contributed by atoms with E-state index in [9.17, 15) is 0 Å². The average Bonchev–Trinajstić information content (AvgIpc) is 4.31. The van der Waals surface area contributed by atoms with Crippen molar-refractivity contribution in [2.45, 2.75) is 5.41 Å². The van der Waals surface area contributed by atoms with Crippen molar-refractivity contribution in [2.75, 3.05) is 0 Å². The monoisotopic (exact) mass is 971 g/mol. The molecule has 1 spiro atoms. The third-order valence-corrected chi connectivity index (χ3v) is 16.9. The number of hydrogen-bond donors (Lipinski definition) is 0. The second kappa shape index (κ2) is 16.2. The maximum atomic E-state index is 6.63. The van der Waals surface area contributed by atoms with E-state index < -0.39 is 0 Å². The topological polar surface area (TPSA) is 51.8 Å². The molecule has 0 fully saturated rings. The summed E-state index contributed by atoms with van der Waals surface area (Å²) in [5, 5.41) is 4.39. The van der Waals surface area contributed by atoms with Gasteiger partial charge in [-0.25, -0.2) is 15.0 Å². The van der Waals surface area contributed by atoms with Gasteiger partial charge in [0.15, 0.2) is 17.5 Å². The van der Waals surface area contributed by atoms with E-state index in [2.05, 4.69) is 231 Å². The number of hydrogen-bond acceptors (Lipinski definition) is 5. The summed E-state index contributed by atoms with van der Waals surface area (Å²) in [6.45, 7) is 0. The first kappa shape index (κ1) is 42.0. The Kier molecular flexibility index (Phi) is 9.09. The molecular weight excluding hydrogens is 931 g/mol. The number of fused-ring (bicyclic) bond motifs is 16. The maximum Gasteiger partial charge on any atom is 0.164 e. The summed E-state index contributed by atoms with van der Waals surface area (Å²) < 4.78 is 9.12. The summed E-state index contributed by atoms with van der Waals surface area (Å²) >= 11 is 1.81. The van der Waals surface area contributed by atoms with Crippen LogP contribution in [0.4, 0.5) is 0 Å². The van der Waals surface area contributed by atoms with Crippen LogP contribution in [0.25, 0.3) is 132 Å². The molecule has 0 aliphatic heterocycles. The predicted octanol–water partition coefficient (Wildman–Crippen LogP) is 18.5. The van der Waals surface area contributed by atoms with E-state index >= 15 is 0 Å². The molecule has 5 heteroatoms. The Hall–Kier alpha value is -9.55. The van der Waals surface area contributed by atoms with Gasteiger partial charge in [0.2, 0.25) is 0 Å². The van der Waals surface area contributed by atoms with Gasteiger partial charge in [0.25, 0.3) is 0 Å². The lowest BCUT2D eigenvalue weighted by molar-refractivity contribution is 0.669. The highest BCUT2D eigenvalue weighted by Gasteiger charge is 2.51. The van der Waals surface area contributed by atoms with E-state index in [-0.39, 0.29) is 5.41 Å². The number of benzene rings is 11. The van der Waals surface area contributed by atoms with Crippen LogP contribution in [0.1, 0.15) is 22.3 Å². The molecule has 14 aromatic rings. The average molecular weight is 972 g/mol. The molecule has 4 nitrogen and oxygen atoms in total. The lowest BCUT2D eigenvalue weighted by Crippen LogP contribution is -2.25. The van der Waals surface area contributed by atoms with Gasteiger partial charge >= 0.3 is 0 Å². The Balaban J connectivity index is 0.807. The van der Waals surface area contributed by atoms with Crippen LogP contribution in [-0.2, 0) is 5.41 Å². The second-order valence-corrected chi connectivity index (χ2v) is 20.9. The number of nitrogens with zero attached hydrogens (tertiary/aromatic N) is 3. The molecule has 0 bridgehead atoms. The van der Waals surface area contributed by atoms with Crippen LogP contribution < -0.4 is 0 Å². The Morgan fingerprint density at radius 3 is 1.49 bits per heavy atom. The van der Waals surface area contributed by atoms with Gasteiger partial charge in [-0.15, -0.1) is 11.3 Å². The third kappa shape index (κ3) is 6.32. The standard InChI is InChI=1S/C70H41N3OS/c1-2-14-42(15-3-1)45-16-12-17-48(38-45)67-71-68(49-34-37-65-56(40-49)54-21-7-11-27-64(54)75-65)73-69(72-67)55-22-13-26-63-66(55)57-39-46(33-36-62(57)74-63)43-28-30-44(31-29-43)47-32-35-53-52-20-6-10-25-60(52)70(61(53)41-47)58-23-8-4-18-50(58)51-19-5-9-24-59(51)70/h1-41H. The van der Waals surface area contributed by atoms with Gasteiger partial charge < -0.3 is 4.42 Å². The van der Waals surface area contributed by atoms with Crippen molar-refractivity contribution in [3.63, 3.8) is 0 Å². The summed E-state index contributed by atoms with van der Waals surface area (Å²) in [7, 11) is 0. The summed E-state index contributed by atoms with van der Waals surface area (Å²) in [4.78, 5) is 15.9. The normalized spacial score (nSPS) is 12.9. The summed E-state index contributed by atoms with van der Waals surface area (Å²) in [6.07, 6.45) is 0. The molecule has 2 aliphatic carbocycles. The highest BCUT2D eigenvalue weighted by Crippen LogP contribution is 2.63. The molecule has 0 radical (unpaired) electrons. The van der Waals surface area contributed by atoms with Gasteiger partial charge in [-0.05, 0) is 132 Å². The zero-order chi connectivity index (χ0) is 49.2.